The molecule has 118 valence electrons. The predicted molar refractivity (Wildman–Crippen MR) is 79.4 cm³/mol. The van der Waals surface area contributed by atoms with Gasteiger partial charge in [-0.15, -0.1) is 0 Å². The molecular weight excluding hydrogens is 282 g/mol. The molecule has 0 spiro atoms. The molecule has 3 rings (SSSR count). The van der Waals surface area contributed by atoms with Crippen LogP contribution >= 0.6 is 0 Å². The average Bonchev–Trinajstić information content (AvgIpc) is 3.25. The van der Waals surface area contributed by atoms with Crippen molar-refractivity contribution in [2.45, 2.75) is 45.1 Å². The Morgan fingerprint density at radius 1 is 1.55 bits per heavy atom. The van der Waals surface area contributed by atoms with E-state index in [1.54, 1.807) is 12.4 Å². The van der Waals surface area contributed by atoms with E-state index in [0.717, 1.165) is 31.5 Å². The summed E-state index contributed by atoms with van der Waals surface area (Å²) in [7, 11) is 0. The second-order valence-electron chi connectivity index (χ2n) is 5.85. The molecule has 1 aliphatic rings. The molecule has 1 aliphatic heterocycles. The lowest BCUT2D eigenvalue weighted by molar-refractivity contribution is 0.0631. The molecule has 1 amide bonds. The lowest BCUT2D eigenvalue weighted by Gasteiger charge is -2.31. The number of hydrogen-bond donors (Lipinski definition) is 0. The molecule has 2 aromatic rings. The number of piperidine rings is 1. The minimum Gasteiger partial charge on any atom is -0.351 e. The van der Waals surface area contributed by atoms with Crippen molar-refractivity contribution in [2.24, 2.45) is 0 Å². The number of aromatic nitrogens is 4. The predicted octanol–water partition coefficient (Wildman–Crippen LogP) is 2.26. The second-order valence-corrected chi connectivity index (χ2v) is 5.85. The van der Waals surface area contributed by atoms with E-state index in [4.69, 9.17) is 4.52 Å². The standard InChI is InChI=1S/C15H21N5O2/c1-3-11(2)13-7-14(22-18-13)15(21)19-6-4-5-12(8-19)20-10-16-9-17-20/h7,9-12H,3-6,8H2,1-2H3/t11-,12-/m0/s1. The lowest BCUT2D eigenvalue weighted by atomic mass is 10.0. The lowest BCUT2D eigenvalue weighted by Crippen LogP contribution is -2.40. The van der Waals surface area contributed by atoms with Crippen LogP contribution in [0.3, 0.4) is 0 Å². The fraction of sp³-hybridized carbons (Fsp3) is 0.600. The van der Waals surface area contributed by atoms with Crippen LogP contribution < -0.4 is 0 Å². The molecule has 0 saturated carbocycles. The van der Waals surface area contributed by atoms with Gasteiger partial charge >= 0.3 is 0 Å². The van der Waals surface area contributed by atoms with Crippen LogP contribution in [-0.2, 0) is 0 Å². The molecule has 2 atom stereocenters. The third-order valence-corrected chi connectivity index (χ3v) is 4.35. The summed E-state index contributed by atoms with van der Waals surface area (Å²) in [6, 6.07) is 1.95. The van der Waals surface area contributed by atoms with Crippen molar-refractivity contribution in [2.75, 3.05) is 13.1 Å². The quantitative estimate of drug-likeness (QED) is 0.865. The maximum Gasteiger partial charge on any atom is 0.292 e. The minimum atomic E-state index is -0.0909. The van der Waals surface area contributed by atoms with E-state index in [9.17, 15) is 4.79 Å². The Morgan fingerprint density at radius 3 is 3.14 bits per heavy atom. The highest BCUT2D eigenvalue weighted by atomic mass is 16.5. The van der Waals surface area contributed by atoms with Gasteiger partial charge in [-0.2, -0.15) is 5.10 Å². The van der Waals surface area contributed by atoms with Gasteiger partial charge in [-0.3, -0.25) is 4.79 Å². The fourth-order valence-corrected chi connectivity index (χ4v) is 2.75. The van der Waals surface area contributed by atoms with Crippen molar-refractivity contribution in [3.63, 3.8) is 0 Å². The zero-order chi connectivity index (χ0) is 15.5. The van der Waals surface area contributed by atoms with E-state index in [1.165, 1.54) is 6.33 Å². The number of hydrogen-bond acceptors (Lipinski definition) is 5. The Bertz CT molecular complexity index is 622. The highest BCUT2D eigenvalue weighted by Gasteiger charge is 2.28. The molecule has 2 aromatic heterocycles. The van der Waals surface area contributed by atoms with Gasteiger partial charge in [0.1, 0.15) is 12.7 Å². The molecule has 7 heteroatoms. The van der Waals surface area contributed by atoms with Crippen LogP contribution in [0.5, 0.6) is 0 Å². The fourth-order valence-electron chi connectivity index (χ4n) is 2.75. The molecule has 0 unspecified atom stereocenters. The normalized spacial score (nSPS) is 20.1. The van der Waals surface area contributed by atoms with Crippen molar-refractivity contribution in [1.29, 1.82) is 0 Å². The van der Waals surface area contributed by atoms with Crippen molar-refractivity contribution in [3.05, 3.63) is 30.2 Å². The number of likely N-dealkylation sites (tertiary alicyclic amines) is 1. The van der Waals surface area contributed by atoms with Crippen molar-refractivity contribution in [3.8, 4) is 0 Å². The Labute approximate surface area is 129 Å². The van der Waals surface area contributed by atoms with E-state index < -0.39 is 0 Å². The summed E-state index contributed by atoms with van der Waals surface area (Å²) in [6.07, 6.45) is 6.15. The van der Waals surface area contributed by atoms with E-state index in [0.29, 0.717) is 18.2 Å². The molecule has 0 N–H and O–H groups in total. The van der Waals surface area contributed by atoms with Crippen LogP contribution in [0.1, 0.15) is 61.3 Å². The van der Waals surface area contributed by atoms with Crippen molar-refractivity contribution < 1.29 is 9.32 Å². The van der Waals surface area contributed by atoms with Crippen LogP contribution in [0.15, 0.2) is 23.2 Å². The molecule has 0 aliphatic carbocycles. The molecule has 3 heterocycles. The third kappa shape index (κ3) is 2.88. The number of nitrogens with zero attached hydrogens (tertiary/aromatic N) is 5. The summed E-state index contributed by atoms with van der Waals surface area (Å²) in [4.78, 5) is 18.4. The number of amides is 1. The molecule has 1 fully saturated rings. The third-order valence-electron chi connectivity index (χ3n) is 4.35. The van der Waals surface area contributed by atoms with E-state index in [-0.39, 0.29) is 11.9 Å². The largest absolute Gasteiger partial charge is 0.351 e. The Morgan fingerprint density at radius 2 is 2.41 bits per heavy atom. The summed E-state index contributed by atoms with van der Waals surface area (Å²) in [5, 5.41) is 8.20. The zero-order valence-corrected chi connectivity index (χ0v) is 13.0. The van der Waals surface area contributed by atoms with Gasteiger partial charge in [-0.05, 0) is 19.3 Å². The summed E-state index contributed by atoms with van der Waals surface area (Å²) in [6.45, 7) is 5.53. The first-order chi connectivity index (χ1) is 10.7. The van der Waals surface area contributed by atoms with Crippen LogP contribution in [0.4, 0.5) is 0 Å². The Kier molecular flexibility index (Phi) is 4.22. The van der Waals surface area contributed by atoms with Gasteiger partial charge in [0.2, 0.25) is 5.76 Å². The number of rotatable bonds is 4. The van der Waals surface area contributed by atoms with Gasteiger partial charge in [0.15, 0.2) is 0 Å². The maximum absolute atomic E-state index is 12.6. The Hall–Kier alpha value is -2.18. The van der Waals surface area contributed by atoms with Gasteiger partial charge in [-0.25, -0.2) is 9.67 Å². The van der Waals surface area contributed by atoms with Crippen LogP contribution in [0, 0.1) is 0 Å². The first-order valence-electron chi connectivity index (χ1n) is 7.79. The second kappa shape index (κ2) is 6.29. The SMILES string of the molecule is CC[C@H](C)c1cc(C(=O)N2CCC[C@H](n3cncn3)C2)on1. The monoisotopic (exact) mass is 303 g/mol. The van der Waals surface area contributed by atoms with E-state index in [2.05, 4.69) is 29.1 Å². The summed E-state index contributed by atoms with van der Waals surface area (Å²) in [5.74, 6) is 0.538. The van der Waals surface area contributed by atoms with Crippen LogP contribution in [0.2, 0.25) is 0 Å². The molecule has 7 nitrogen and oxygen atoms in total. The van der Waals surface area contributed by atoms with E-state index in [1.807, 2.05) is 9.58 Å². The van der Waals surface area contributed by atoms with Gasteiger partial charge < -0.3 is 9.42 Å². The van der Waals surface area contributed by atoms with Gasteiger partial charge in [0.05, 0.1) is 11.7 Å². The highest BCUT2D eigenvalue weighted by Crippen LogP contribution is 2.23. The van der Waals surface area contributed by atoms with Gasteiger partial charge in [0, 0.05) is 25.1 Å². The highest BCUT2D eigenvalue weighted by molar-refractivity contribution is 5.91. The van der Waals surface area contributed by atoms with Crippen LogP contribution in [0.25, 0.3) is 0 Å². The molecule has 0 bridgehead atoms. The average molecular weight is 303 g/mol. The summed E-state index contributed by atoms with van der Waals surface area (Å²) >= 11 is 0. The molecule has 22 heavy (non-hydrogen) atoms. The molecule has 0 radical (unpaired) electrons. The van der Waals surface area contributed by atoms with E-state index >= 15 is 0 Å². The number of carbonyl (C=O) groups is 1. The maximum atomic E-state index is 12.6. The molecular formula is C15H21N5O2. The smallest absolute Gasteiger partial charge is 0.292 e. The summed E-state index contributed by atoms with van der Waals surface area (Å²) < 4.78 is 7.08. The Balaban J connectivity index is 1.70. The molecule has 0 aromatic carbocycles. The first-order valence-corrected chi connectivity index (χ1v) is 7.79. The number of carbonyl (C=O) groups excluding carboxylic acids is 1. The first kappa shape index (κ1) is 14.7. The van der Waals surface area contributed by atoms with Crippen molar-refractivity contribution in [1.82, 2.24) is 24.8 Å². The van der Waals surface area contributed by atoms with Crippen LogP contribution in [-0.4, -0.2) is 43.8 Å². The van der Waals surface area contributed by atoms with Gasteiger partial charge in [-0.1, -0.05) is 19.0 Å². The topological polar surface area (TPSA) is 77.0 Å². The van der Waals surface area contributed by atoms with Crippen molar-refractivity contribution >= 4 is 5.91 Å². The molecule has 1 saturated heterocycles. The zero-order valence-electron chi connectivity index (χ0n) is 13.0. The minimum absolute atomic E-state index is 0.0909. The summed E-state index contributed by atoms with van der Waals surface area (Å²) in [5.41, 5.74) is 0.843. The van der Waals surface area contributed by atoms with Gasteiger partial charge in [0.25, 0.3) is 5.91 Å².